The molecule has 230 valence electrons. The van der Waals surface area contributed by atoms with E-state index < -0.39 is 0 Å². The number of hydrogen-bond donors (Lipinski definition) is 1. The maximum Gasteiger partial charge on any atom is 0.128 e. The van der Waals surface area contributed by atoms with Crippen molar-refractivity contribution >= 4 is 11.5 Å². The zero-order valence-corrected chi connectivity index (χ0v) is 28.9. The number of nitrogen functional groups attached to an aromatic ring is 1. The van der Waals surface area contributed by atoms with Crippen LogP contribution in [0.25, 0.3) is 0 Å². The van der Waals surface area contributed by atoms with Crippen LogP contribution in [-0.2, 0) is 11.8 Å². The number of benzene rings is 1. The molecule has 0 aliphatic carbocycles. The van der Waals surface area contributed by atoms with Gasteiger partial charge in [0.2, 0.25) is 0 Å². The second kappa shape index (κ2) is 17.9. The number of nitrogens with zero attached hydrogens (tertiary/aromatic N) is 2. The van der Waals surface area contributed by atoms with Crippen LogP contribution in [0.2, 0.25) is 0 Å². The molecule has 41 heavy (non-hydrogen) atoms. The van der Waals surface area contributed by atoms with Crippen molar-refractivity contribution in [3.05, 3.63) is 89.7 Å². The van der Waals surface area contributed by atoms with Crippen molar-refractivity contribution in [2.24, 2.45) is 10.4 Å². The fraction of sp³-hybridized carbons (Fsp3) is 0.553. The molecule has 3 nitrogen and oxygen atoms in total. The Bertz CT molecular complexity index is 1080. The van der Waals surface area contributed by atoms with Gasteiger partial charge < -0.3 is 10.6 Å². The number of anilines is 1. The highest BCUT2D eigenvalue weighted by Crippen LogP contribution is 2.36. The van der Waals surface area contributed by atoms with Gasteiger partial charge in [-0.25, -0.2) is 4.99 Å². The molecule has 1 unspecified atom stereocenters. The molecule has 0 radical (unpaired) electrons. The van der Waals surface area contributed by atoms with Gasteiger partial charge in [-0.05, 0) is 80.2 Å². The molecular weight excluding hydrogens is 498 g/mol. The lowest BCUT2D eigenvalue weighted by Gasteiger charge is -2.33. The Morgan fingerprint density at radius 3 is 1.98 bits per heavy atom. The Labute approximate surface area is 255 Å². The molecule has 0 saturated heterocycles. The zero-order chi connectivity index (χ0) is 32.0. The molecule has 0 bridgehead atoms. The first kappa shape index (κ1) is 38.2. The molecule has 1 aliphatic heterocycles. The highest BCUT2D eigenvalue weighted by molar-refractivity contribution is 5.95. The molecule has 0 aromatic heterocycles. The highest BCUT2D eigenvalue weighted by atomic mass is 15.2. The molecule has 2 N–H and O–H groups in total. The van der Waals surface area contributed by atoms with E-state index in [4.69, 9.17) is 5.73 Å². The molecule has 2 rings (SSSR count). The normalized spacial score (nSPS) is 17.2. The van der Waals surface area contributed by atoms with Crippen LogP contribution < -0.4 is 5.73 Å². The van der Waals surface area contributed by atoms with Crippen molar-refractivity contribution in [3.8, 4) is 0 Å². The molecule has 1 aliphatic rings. The Balaban J connectivity index is 0.000000597. The van der Waals surface area contributed by atoms with Crippen molar-refractivity contribution in [2.75, 3.05) is 12.8 Å². The minimum Gasteiger partial charge on any atom is -0.398 e. The zero-order valence-electron chi connectivity index (χ0n) is 28.9. The smallest absolute Gasteiger partial charge is 0.128 e. The van der Waals surface area contributed by atoms with Crippen LogP contribution in [0.5, 0.6) is 0 Å². The van der Waals surface area contributed by atoms with E-state index in [2.05, 4.69) is 110 Å². The van der Waals surface area contributed by atoms with Gasteiger partial charge in [-0.15, -0.1) is 6.58 Å². The van der Waals surface area contributed by atoms with Gasteiger partial charge in [0, 0.05) is 12.7 Å². The summed E-state index contributed by atoms with van der Waals surface area (Å²) in [7, 11) is 2.03. The number of rotatable bonds is 9. The predicted octanol–water partition coefficient (Wildman–Crippen LogP) is 11.0. The number of aliphatic imine (C=N–C) groups is 1. The standard InChI is InChI=1S/C14H20N2.C13H21N.C11H22/c1-7-13-12(9-10(3)4)11(5)16(6)14(8-2)15-13;1-5-7-10-11(13(2,3)4)8-6-9-12(10)14;1-6-11(7-2,8-3)9-10(4)5/h7-9,11H,2-3H2,1,4-6H3;6,8-9H,5,7,14H2,1-4H3;4,6-9H2,1-3,5H3/b12-9-,13-7+;;. The maximum atomic E-state index is 6.00. The first-order valence-electron chi connectivity index (χ1n) is 15.6. The molecule has 1 heterocycles. The van der Waals surface area contributed by atoms with Gasteiger partial charge >= 0.3 is 0 Å². The van der Waals surface area contributed by atoms with Crippen LogP contribution in [0.15, 0.2) is 83.6 Å². The Morgan fingerprint density at radius 1 is 1.05 bits per heavy atom. The van der Waals surface area contributed by atoms with Gasteiger partial charge in [0.05, 0.1) is 11.7 Å². The van der Waals surface area contributed by atoms with Gasteiger partial charge in [-0.2, -0.15) is 0 Å². The van der Waals surface area contributed by atoms with Crippen molar-refractivity contribution in [1.29, 1.82) is 0 Å². The Hall–Kier alpha value is -2.81. The molecular formula is C38H63N3. The second-order valence-electron chi connectivity index (χ2n) is 12.6. The number of hydrogen-bond acceptors (Lipinski definition) is 3. The van der Waals surface area contributed by atoms with Gasteiger partial charge in [0.25, 0.3) is 0 Å². The topological polar surface area (TPSA) is 41.6 Å². The predicted molar refractivity (Wildman–Crippen MR) is 188 cm³/mol. The molecule has 1 aromatic carbocycles. The summed E-state index contributed by atoms with van der Waals surface area (Å²) in [6.45, 7) is 35.8. The van der Waals surface area contributed by atoms with Gasteiger partial charge in [0.15, 0.2) is 0 Å². The largest absolute Gasteiger partial charge is 0.398 e. The third-order valence-corrected chi connectivity index (χ3v) is 8.23. The van der Waals surface area contributed by atoms with E-state index >= 15 is 0 Å². The summed E-state index contributed by atoms with van der Waals surface area (Å²) in [5.74, 6) is 0.916. The van der Waals surface area contributed by atoms with Crippen LogP contribution >= 0.6 is 0 Å². The third kappa shape index (κ3) is 11.9. The van der Waals surface area contributed by atoms with Crippen LogP contribution in [0, 0.1) is 5.41 Å². The van der Waals surface area contributed by atoms with E-state index in [0.29, 0.717) is 11.5 Å². The van der Waals surface area contributed by atoms with Gasteiger partial charge in [-0.1, -0.05) is 123 Å². The molecule has 0 spiro atoms. The lowest BCUT2D eigenvalue weighted by molar-refractivity contribution is 0.248. The van der Waals surface area contributed by atoms with Crippen LogP contribution in [0.4, 0.5) is 5.69 Å². The summed E-state index contributed by atoms with van der Waals surface area (Å²) in [6, 6.07) is 6.55. The van der Waals surface area contributed by atoms with Crippen LogP contribution in [0.1, 0.15) is 119 Å². The minimum atomic E-state index is 0.194. The summed E-state index contributed by atoms with van der Waals surface area (Å²) in [5.41, 5.74) is 15.0. The van der Waals surface area contributed by atoms with E-state index in [9.17, 15) is 0 Å². The fourth-order valence-electron chi connectivity index (χ4n) is 5.37. The van der Waals surface area contributed by atoms with Crippen molar-refractivity contribution in [2.45, 2.75) is 126 Å². The average Bonchev–Trinajstić information content (AvgIpc) is 2.91. The van der Waals surface area contributed by atoms with E-state index in [-0.39, 0.29) is 5.41 Å². The Kier molecular flexibility index (Phi) is 16.7. The highest BCUT2D eigenvalue weighted by Gasteiger charge is 2.24. The van der Waals surface area contributed by atoms with E-state index in [0.717, 1.165) is 35.6 Å². The number of amidine groups is 1. The van der Waals surface area contributed by atoms with Crippen LogP contribution in [-0.4, -0.2) is 23.8 Å². The summed E-state index contributed by atoms with van der Waals surface area (Å²) in [4.78, 5) is 6.68. The first-order valence-corrected chi connectivity index (χ1v) is 15.6. The summed E-state index contributed by atoms with van der Waals surface area (Å²) in [6.07, 6.45) is 13.2. The van der Waals surface area contributed by atoms with Crippen LogP contribution in [0.3, 0.4) is 0 Å². The van der Waals surface area contributed by atoms with Gasteiger partial charge in [-0.3, -0.25) is 0 Å². The monoisotopic (exact) mass is 562 g/mol. The van der Waals surface area contributed by atoms with Crippen molar-refractivity contribution < 1.29 is 0 Å². The van der Waals surface area contributed by atoms with Crippen molar-refractivity contribution in [1.82, 2.24) is 4.90 Å². The molecule has 0 amide bonds. The molecule has 1 atom stereocenters. The summed E-state index contributed by atoms with van der Waals surface area (Å²) in [5, 5.41) is 0. The number of allylic oxidation sites excluding steroid dienone is 4. The maximum absolute atomic E-state index is 6.00. The average molecular weight is 562 g/mol. The van der Waals surface area contributed by atoms with Crippen molar-refractivity contribution in [3.63, 3.8) is 0 Å². The molecule has 1 aromatic rings. The van der Waals surface area contributed by atoms with Gasteiger partial charge in [0.1, 0.15) is 5.84 Å². The quantitative estimate of drug-likeness (QED) is 0.241. The molecule has 0 fully saturated rings. The summed E-state index contributed by atoms with van der Waals surface area (Å²) < 4.78 is 0. The lowest BCUT2D eigenvalue weighted by atomic mass is 9.75. The Morgan fingerprint density at radius 2 is 1.61 bits per heavy atom. The molecule has 0 saturated carbocycles. The SMILES string of the molecule is C=C(C)CC(CC)(CC)CC.C=CC1=NC(=C/C)/C(=C\C(=C)C)C(C)N1C.CCCc1c(N)cccc1C(C)(C)C. The van der Waals surface area contributed by atoms with E-state index in [1.54, 1.807) is 6.08 Å². The fourth-order valence-corrected chi connectivity index (χ4v) is 5.37. The minimum absolute atomic E-state index is 0.194. The van der Waals surface area contributed by atoms with E-state index in [1.807, 2.05) is 33.0 Å². The molecule has 3 heteroatoms. The third-order valence-electron chi connectivity index (χ3n) is 8.23. The van der Waals surface area contributed by atoms with E-state index in [1.165, 1.54) is 48.0 Å². The number of likely N-dealkylation sites (N-methyl/N-ethyl adjacent to an activating group) is 1. The number of nitrogens with two attached hydrogens (primary N) is 1. The second-order valence-corrected chi connectivity index (χ2v) is 12.6. The first-order chi connectivity index (χ1) is 19.1. The lowest BCUT2D eigenvalue weighted by Crippen LogP contribution is -2.39. The summed E-state index contributed by atoms with van der Waals surface area (Å²) >= 11 is 0.